The molecule has 1 heterocycles. The summed E-state index contributed by atoms with van der Waals surface area (Å²) in [6.07, 6.45) is 4.43. The van der Waals surface area contributed by atoms with Gasteiger partial charge in [0, 0.05) is 26.4 Å². The molecule has 5 nitrogen and oxygen atoms in total. The maximum Gasteiger partial charge on any atom is 0.243 e. The standard InChI is InChI=1S/C19H26N2O3/c1-13(22)21-12-16-9-5-4-8-15(16)10-17(21)19(24)20-11-18(23)14-6-2-3-7-14/h4-5,8-9,14,17-18,23H,2-3,6-7,10-12H2,1H3,(H,20,24). The molecule has 2 N–H and O–H groups in total. The van der Waals surface area contributed by atoms with Crippen molar-refractivity contribution >= 4 is 11.8 Å². The highest BCUT2D eigenvalue weighted by atomic mass is 16.3. The molecule has 0 bridgehead atoms. The van der Waals surface area contributed by atoms with E-state index in [2.05, 4.69) is 5.32 Å². The summed E-state index contributed by atoms with van der Waals surface area (Å²) in [5.74, 6) is 0.0269. The van der Waals surface area contributed by atoms with Gasteiger partial charge < -0.3 is 15.3 Å². The smallest absolute Gasteiger partial charge is 0.243 e. The molecule has 1 aromatic rings. The quantitative estimate of drug-likeness (QED) is 0.881. The van der Waals surface area contributed by atoms with E-state index in [0.717, 1.165) is 36.8 Å². The number of rotatable bonds is 4. The predicted molar refractivity (Wildman–Crippen MR) is 91.1 cm³/mol. The van der Waals surface area contributed by atoms with Crippen molar-refractivity contribution in [1.29, 1.82) is 0 Å². The van der Waals surface area contributed by atoms with Crippen LogP contribution in [0.3, 0.4) is 0 Å². The van der Waals surface area contributed by atoms with Gasteiger partial charge in [0.1, 0.15) is 6.04 Å². The molecule has 0 saturated heterocycles. The Morgan fingerprint density at radius 2 is 1.92 bits per heavy atom. The molecule has 1 saturated carbocycles. The van der Waals surface area contributed by atoms with E-state index in [0.29, 0.717) is 18.9 Å². The largest absolute Gasteiger partial charge is 0.391 e. The van der Waals surface area contributed by atoms with Crippen molar-refractivity contribution in [2.24, 2.45) is 5.92 Å². The molecule has 1 fully saturated rings. The van der Waals surface area contributed by atoms with E-state index in [1.807, 2.05) is 24.3 Å². The van der Waals surface area contributed by atoms with E-state index in [4.69, 9.17) is 0 Å². The number of nitrogens with zero attached hydrogens (tertiary/aromatic N) is 1. The molecule has 5 heteroatoms. The third kappa shape index (κ3) is 3.61. The first-order valence-corrected chi connectivity index (χ1v) is 8.86. The fourth-order valence-electron chi connectivity index (χ4n) is 3.92. The van der Waals surface area contributed by atoms with Crippen LogP contribution >= 0.6 is 0 Å². The van der Waals surface area contributed by atoms with E-state index in [-0.39, 0.29) is 18.4 Å². The van der Waals surface area contributed by atoms with Crippen molar-refractivity contribution in [2.75, 3.05) is 6.54 Å². The van der Waals surface area contributed by atoms with Crippen LogP contribution in [0.15, 0.2) is 24.3 Å². The van der Waals surface area contributed by atoms with Gasteiger partial charge in [-0.1, -0.05) is 37.1 Å². The van der Waals surface area contributed by atoms with Gasteiger partial charge >= 0.3 is 0 Å². The summed E-state index contributed by atoms with van der Waals surface area (Å²) in [6, 6.07) is 7.44. The van der Waals surface area contributed by atoms with Crippen LogP contribution in [0.25, 0.3) is 0 Å². The second kappa shape index (κ2) is 7.34. The Bertz CT molecular complexity index is 610. The minimum absolute atomic E-state index is 0.0963. The van der Waals surface area contributed by atoms with E-state index in [1.165, 1.54) is 6.92 Å². The van der Waals surface area contributed by atoms with Crippen LogP contribution in [0.5, 0.6) is 0 Å². The number of fused-ring (bicyclic) bond motifs is 1. The Morgan fingerprint density at radius 1 is 1.25 bits per heavy atom. The van der Waals surface area contributed by atoms with Gasteiger partial charge in [-0.3, -0.25) is 9.59 Å². The number of benzene rings is 1. The van der Waals surface area contributed by atoms with Crippen LogP contribution in [-0.2, 0) is 22.6 Å². The van der Waals surface area contributed by atoms with Crippen molar-refractivity contribution in [3.8, 4) is 0 Å². The van der Waals surface area contributed by atoms with Gasteiger partial charge in [-0.25, -0.2) is 0 Å². The first-order chi connectivity index (χ1) is 11.6. The topological polar surface area (TPSA) is 69.6 Å². The monoisotopic (exact) mass is 330 g/mol. The molecule has 1 aliphatic heterocycles. The van der Waals surface area contributed by atoms with Gasteiger partial charge in [-0.2, -0.15) is 0 Å². The molecule has 0 spiro atoms. The van der Waals surface area contributed by atoms with Gasteiger partial charge in [0.15, 0.2) is 0 Å². The minimum Gasteiger partial charge on any atom is -0.391 e. The number of carbonyl (C=O) groups is 2. The molecule has 130 valence electrons. The first kappa shape index (κ1) is 17.0. The Labute approximate surface area is 143 Å². The maximum absolute atomic E-state index is 12.6. The molecule has 24 heavy (non-hydrogen) atoms. The van der Waals surface area contributed by atoms with Crippen LogP contribution < -0.4 is 5.32 Å². The van der Waals surface area contributed by atoms with E-state index < -0.39 is 12.1 Å². The first-order valence-electron chi connectivity index (χ1n) is 8.86. The van der Waals surface area contributed by atoms with Crippen LogP contribution in [0, 0.1) is 5.92 Å². The van der Waals surface area contributed by atoms with Crippen molar-refractivity contribution in [3.05, 3.63) is 35.4 Å². The van der Waals surface area contributed by atoms with Crippen LogP contribution in [-0.4, -0.2) is 40.5 Å². The van der Waals surface area contributed by atoms with Gasteiger partial charge in [-0.15, -0.1) is 0 Å². The highest BCUT2D eigenvalue weighted by Crippen LogP contribution is 2.27. The SMILES string of the molecule is CC(=O)N1Cc2ccccc2CC1C(=O)NCC(O)C1CCCC1. The zero-order valence-electron chi connectivity index (χ0n) is 14.2. The lowest BCUT2D eigenvalue weighted by Crippen LogP contribution is -2.53. The van der Waals surface area contributed by atoms with Crippen molar-refractivity contribution in [3.63, 3.8) is 0 Å². The summed E-state index contributed by atoms with van der Waals surface area (Å²) >= 11 is 0. The second-order valence-corrected chi connectivity index (χ2v) is 6.99. The fraction of sp³-hybridized carbons (Fsp3) is 0.579. The maximum atomic E-state index is 12.6. The van der Waals surface area contributed by atoms with E-state index in [1.54, 1.807) is 4.90 Å². The van der Waals surface area contributed by atoms with Crippen molar-refractivity contribution in [2.45, 2.75) is 57.7 Å². The van der Waals surface area contributed by atoms with Crippen LogP contribution in [0.4, 0.5) is 0 Å². The summed E-state index contributed by atoms with van der Waals surface area (Å²) in [4.78, 5) is 26.2. The Balaban J connectivity index is 1.64. The number of hydrogen-bond acceptors (Lipinski definition) is 3. The second-order valence-electron chi connectivity index (χ2n) is 6.99. The zero-order valence-corrected chi connectivity index (χ0v) is 14.2. The summed E-state index contributed by atoms with van der Waals surface area (Å²) in [6.45, 7) is 2.24. The molecule has 2 atom stereocenters. The summed E-state index contributed by atoms with van der Waals surface area (Å²) in [7, 11) is 0. The molecular formula is C19H26N2O3. The molecule has 2 unspecified atom stereocenters. The van der Waals surface area contributed by atoms with Crippen LogP contribution in [0.2, 0.25) is 0 Å². The lowest BCUT2D eigenvalue weighted by molar-refractivity contribution is -0.140. The molecule has 0 aromatic heterocycles. The molecule has 3 rings (SSSR count). The number of nitrogens with one attached hydrogen (secondary N) is 1. The zero-order chi connectivity index (χ0) is 17.1. The molecule has 2 amide bonds. The predicted octanol–water partition coefficient (Wildman–Crippen LogP) is 1.63. The highest BCUT2D eigenvalue weighted by molar-refractivity contribution is 5.87. The molecule has 2 aliphatic rings. The third-order valence-corrected chi connectivity index (χ3v) is 5.39. The molecule has 0 radical (unpaired) electrons. The van der Waals surface area contributed by atoms with Gasteiger partial charge in [0.25, 0.3) is 0 Å². The van der Waals surface area contributed by atoms with Gasteiger partial charge in [-0.05, 0) is 29.9 Å². The van der Waals surface area contributed by atoms with Gasteiger partial charge in [0.05, 0.1) is 6.10 Å². The fourth-order valence-corrected chi connectivity index (χ4v) is 3.92. The third-order valence-electron chi connectivity index (χ3n) is 5.39. The Hall–Kier alpha value is -1.88. The van der Waals surface area contributed by atoms with Crippen molar-refractivity contribution in [1.82, 2.24) is 10.2 Å². The van der Waals surface area contributed by atoms with Crippen LogP contribution in [0.1, 0.15) is 43.7 Å². The van der Waals surface area contributed by atoms with Crippen molar-refractivity contribution < 1.29 is 14.7 Å². The Kier molecular flexibility index (Phi) is 5.19. The number of amides is 2. The summed E-state index contributed by atoms with van der Waals surface area (Å²) < 4.78 is 0. The summed E-state index contributed by atoms with van der Waals surface area (Å²) in [5, 5.41) is 13.1. The normalized spacial score (nSPS) is 22.1. The highest BCUT2D eigenvalue weighted by Gasteiger charge is 2.33. The number of aliphatic hydroxyl groups is 1. The van der Waals surface area contributed by atoms with E-state index in [9.17, 15) is 14.7 Å². The number of carbonyl (C=O) groups excluding carboxylic acids is 2. The van der Waals surface area contributed by atoms with E-state index >= 15 is 0 Å². The summed E-state index contributed by atoms with van der Waals surface area (Å²) in [5.41, 5.74) is 2.22. The molecular weight excluding hydrogens is 304 g/mol. The Morgan fingerprint density at radius 3 is 2.58 bits per heavy atom. The number of hydrogen-bond donors (Lipinski definition) is 2. The lowest BCUT2D eigenvalue weighted by atomic mass is 9.93. The minimum atomic E-state index is -0.492. The average Bonchev–Trinajstić information content (AvgIpc) is 3.12. The average molecular weight is 330 g/mol. The molecule has 1 aliphatic carbocycles. The number of aliphatic hydroxyl groups excluding tert-OH is 1. The lowest BCUT2D eigenvalue weighted by Gasteiger charge is -2.35. The molecule has 1 aromatic carbocycles. The van der Waals surface area contributed by atoms with Gasteiger partial charge in [0.2, 0.25) is 11.8 Å².